The SMILES string of the molecule is Cc1cnc(C(=O)N2CC[C@]3(COCc4cnc(N(C)C)nc43)C2)cn1. The Hall–Kier alpha value is -2.61. The first kappa shape index (κ1) is 16.8. The van der Waals surface area contributed by atoms with E-state index in [4.69, 9.17) is 9.72 Å². The summed E-state index contributed by atoms with van der Waals surface area (Å²) in [5.41, 5.74) is 2.90. The molecule has 2 aromatic rings. The van der Waals surface area contributed by atoms with Crippen LogP contribution in [0.25, 0.3) is 0 Å². The van der Waals surface area contributed by atoms with Gasteiger partial charge in [0.2, 0.25) is 5.95 Å². The molecule has 0 aliphatic carbocycles. The minimum absolute atomic E-state index is 0.0941. The molecule has 26 heavy (non-hydrogen) atoms. The number of hydrogen-bond donors (Lipinski definition) is 0. The van der Waals surface area contributed by atoms with Gasteiger partial charge >= 0.3 is 0 Å². The number of ether oxygens (including phenoxy) is 1. The van der Waals surface area contributed by atoms with Crippen LogP contribution in [0.5, 0.6) is 0 Å². The molecular formula is C18H22N6O2. The highest BCUT2D eigenvalue weighted by molar-refractivity contribution is 5.92. The molecule has 4 heterocycles. The van der Waals surface area contributed by atoms with Gasteiger partial charge in [0.1, 0.15) is 5.69 Å². The summed E-state index contributed by atoms with van der Waals surface area (Å²) >= 11 is 0. The third-order valence-corrected chi connectivity index (χ3v) is 5.03. The zero-order chi connectivity index (χ0) is 18.3. The number of amides is 1. The van der Waals surface area contributed by atoms with Gasteiger partial charge in [-0.3, -0.25) is 9.78 Å². The fourth-order valence-corrected chi connectivity index (χ4v) is 3.62. The van der Waals surface area contributed by atoms with Crippen LogP contribution in [-0.2, 0) is 16.8 Å². The normalized spacial score (nSPS) is 21.7. The molecule has 0 radical (unpaired) electrons. The Morgan fingerprint density at radius 3 is 2.81 bits per heavy atom. The van der Waals surface area contributed by atoms with E-state index in [0.29, 0.717) is 37.9 Å². The van der Waals surface area contributed by atoms with E-state index in [1.807, 2.05) is 37.0 Å². The summed E-state index contributed by atoms with van der Waals surface area (Å²) in [6.45, 7) is 4.15. The molecule has 1 atom stereocenters. The average Bonchev–Trinajstić information content (AvgIpc) is 3.06. The molecule has 2 aliphatic heterocycles. The van der Waals surface area contributed by atoms with Crippen LogP contribution in [0, 0.1) is 6.92 Å². The van der Waals surface area contributed by atoms with Crippen molar-refractivity contribution in [3.05, 3.63) is 41.2 Å². The van der Waals surface area contributed by atoms with E-state index in [1.54, 1.807) is 12.4 Å². The van der Waals surface area contributed by atoms with Crippen LogP contribution in [0.1, 0.15) is 33.9 Å². The molecular weight excluding hydrogens is 332 g/mol. The molecule has 4 rings (SSSR count). The van der Waals surface area contributed by atoms with Crippen molar-refractivity contribution in [3.63, 3.8) is 0 Å². The summed E-state index contributed by atoms with van der Waals surface area (Å²) in [6, 6.07) is 0. The molecule has 0 bridgehead atoms. The predicted octanol–water partition coefficient (Wildman–Crippen LogP) is 0.955. The van der Waals surface area contributed by atoms with E-state index >= 15 is 0 Å². The van der Waals surface area contributed by atoms with Gasteiger partial charge in [0, 0.05) is 45.1 Å². The first-order valence-corrected chi connectivity index (χ1v) is 8.68. The van der Waals surface area contributed by atoms with Crippen LogP contribution in [0.2, 0.25) is 0 Å². The number of fused-ring (bicyclic) bond motifs is 2. The maximum atomic E-state index is 12.8. The topological polar surface area (TPSA) is 84.3 Å². The smallest absolute Gasteiger partial charge is 0.274 e. The van der Waals surface area contributed by atoms with Crippen molar-refractivity contribution in [3.8, 4) is 0 Å². The number of carbonyl (C=O) groups is 1. The fourth-order valence-electron chi connectivity index (χ4n) is 3.62. The molecule has 8 nitrogen and oxygen atoms in total. The maximum Gasteiger partial charge on any atom is 0.274 e. The second-order valence-electron chi connectivity index (χ2n) is 7.23. The van der Waals surface area contributed by atoms with Gasteiger partial charge < -0.3 is 14.5 Å². The molecule has 1 amide bonds. The van der Waals surface area contributed by atoms with Crippen molar-refractivity contribution >= 4 is 11.9 Å². The van der Waals surface area contributed by atoms with Gasteiger partial charge in [-0.15, -0.1) is 0 Å². The third-order valence-electron chi connectivity index (χ3n) is 5.03. The summed E-state index contributed by atoms with van der Waals surface area (Å²) in [5.74, 6) is 0.586. The standard InChI is InChI=1S/C18H22N6O2/c1-12-6-20-14(8-19-12)16(25)24-5-4-18(10-24)11-26-9-13-7-21-17(23(2)3)22-15(13)18/h6-8H,4-5,9-11H2,1-3H3/t18-/m1/s1. The Kier molecular flexibility index (Phi) is 4.07. The second kappa shape index (κ2) is 6.28. The first-order chi connectivity index (χ1) is 12.5. The Labute approximate surface area is 152 Å². The molecule has 1 fully saturated rings. The van der Waals surface area contributed by atoms with E-state index in [-0.39, 0.29) is 11.3 Å². The molecule has 0 unspecified atom stereocenters. The van der Waals surface area contributed by atoms with E-state index in [2.05, 4.69) is 15.0 Å². The summed E-state index contributed by atoms with van der Waals surface area (Å²) in [6.07, 6.45) is 5.82. The lowest BCUT2D eigenvalue weighted by atomic mass is 9.80. The van der Waals surface area contributed by atoms with Gasteiger partial charge in [0.15, 0.2) is 0 Å². The number of hydrogen-bond acceptors (Lipinski definition) is 7. The van der Waals surface area contributed by atoms with Crippen molar-refractivity contribution in [1.82, 2.24) is 24.8 Å². The lowest BCUT2D eigenvalue weighted by Crippen LogP contribution is -2.42. The Balaban J connectivity index is 1.63. The van der Waals surface area contributed by atoms with Crippen LogP contribution in [0.15, 0.2) is 18.6 Å². The van der Waals surface area contributed by atoms with Gasteiger partial charge in [-0.05, 0) is 13.3 Å². The highest BCUT2D eigenvalue weighted by Crippen LogP contribution is 2.39. The predicted molar refractivity (Wildman–Crippen MR) is 95.0 cm³/mol. The number of aryl methyl sites for hydroxylation is 1. The van der Waals surface area contributed by atoms with Crippen molar-refractivity contribution in [2.45, 2.75) is 25.4 Å². The molecule has 136 valence electrons. The fraction of sp³-hybridized carbons (Fsp3) is 0.500. The number of nitrogens with zero attached hydrogens (tertiary/aromatic N) is 6. The van der Waals surface area contributed by atoms with Crippen LogP contribution in [-0.4, -0.2) is 64.5 Å². The van der Waals surface area contributed by atoms with Crippen LogP contribution < -0.4 is 4.90 Å². The molecule has 2 aliphatic rings. The van der Waals surface area contributed by atoms with E-state index in [0.717, 1.165) is 23.4 Å². The molecule has 0 saturated carbocycles. The number of carbonyl (C=O) groups excluding carboxylic acids is 1. The molecule has 0 aromatic carbocycles. The van der Waals surface area contributed by atoms with Gasteiger partial charge in [0.05, 0.1) is 36.2 Å². The van der Waals surface area contributed by atoms with Gasteiger partial charge in [0.25, 0.3) is 5.91 Å². The van der Waals surface area contributed by atoms with Crippen molar-refractivity contribution in [1.29, 1.82) is 0 Å². The summed E-state index contributed by atoms with van der Waals surface area (Å²) in [4.78, 5) is 34.1. The Morgan fingerprint density at radius 1 is 1.23 bits per heavy atom. The Bertz CT molecular complexity index is 838. The van der Waals surface area contributed by atoms with Crippen LogP contribution in [0.4, 0.5) is 5.95 Å². The Morgan fingerprint density at radius 2 is 2.08 bits per heavy atom. The lowest BCUT2D eigenvalue weighted by Gasteiger charge is -2.34. The number of anilines is 1. The molecule has 0 N–H and O–H groups in total. The first-order valence-electron chi connectivity index (χ1n) is 8.68. The van der Waals surface area contributed by atoms with E-state index < -0.39 is 0 Å². The molecule has 2 aromatic heterocycles. The number of likely N-dealkylation sites (tertiary alicyclic amines) is 1. The summed E-state index contributed by atoms with van der Waals surface area (Å²) in [7, 11) is 3.85. The molecule has 8 heteroatoms. The van der Waals surface area contributed by atoms with Crippen molar-refractivity contribution < 1.29 is 9.53 Å². The summed E-state index contributed by atoms with van der Waals surface area (Å²) < 4.78 is 5.82. The van der Waals surface area contributed by atoms with Crippen molar-refractivity contribution in [2.75, 3.05) is 38.7 Å². The minimum atomic E-state index is -0.283. The van der Waals surface area contributed by atoms with Crippen LogP contribution >= 0.6 is 0 Å². The minimum Gasteiger partial charge on any atom is -0.376 e. The second-order valence-corrected chi connectivity index (χ2v) is 7.23. The van der Waals surface area contributed by atoms with Gasteiger partial charge in [-0.2, -0.15) is 0 Å². The highest BCUT2D eigenvalue weighted by Gasteiger charge is 2.46. The zero-order valence-electron chi connectivity index (χ0n) is 15.3. The maximum absolute atomic E-state index is 12.8. The van der Waals surface area contributed by atoms with Gasteiger partial charge in [-0.25, -0.2) is 15.0 Å². The van der Waals surface area contributed by atoms with E-state index in [9.17, 15) is 4.79 Å². The monoisotopic (exact) mass is 354 g/mol. The van der Waals surface area contributed by atoms with E-state index in [1.165, 1.54) is 0 Å². The molecule has 1 saturated heterocycles. The quantitative estimate of drug-likeness (QED) is 0.794. The highest BCUT2D eigenvalue weighted by atomic mass is 16.5. The number of aromatic nitrogens is 4. The lowest BCUT2D eigenvalue weighted by molar-refractivity contribution is 0.0483. The van der Waals surface area contributed by atoms with Crippen LogP contribution in [0.3, 0.4) is 0 Å². The van der Waals surface area contributed by atoms with Gasteiger partial charge in [-0.1, -0.05) is 0 Å². The zero-order valence-corrected chi connectivity index (χ0v) is 15.3. The largest absolute Gasteiger partial charge is 0.376 e. The molecule has 1 spiro atoms. The summed E-state index contributed by atoms with van der Waals surface area (Å²) in [5, 5.41) is 0. The average molecular weight is 354 g/mol. The third kappa shape index (κ3) is 2.80. The van der Waals surface area contributed by atoms with Crippen molar-refractivity contribution in [2.24, 2.45) is 0 Å². The number of rotatable bonds is 2.